The number of amides is 1. The van der Waals surface area contributed by atoms with E-state index in [2.05, 4.69) is 14.7 Å². The highest BCUT2D eigenvalue weighted by Crippen LogP contribution is 2.21. The number of H-pyrrole nitrogens is 1. The number of aromatic amines is 1. The standard InChI is InChI=1S/C20H25N3O4/c1-26-20(25)16-2-4-18(5-3-16)27-11-8-19(24)23-9-6-15(7-10-23)12-17-13-21-14-22-17/h2-5,13-15H,6-12H2,1H3,(H,21,22). The number of nitrogens with zero attached hydrogens (tertiary/aromatic N) is 2. The molecule has 3 rings (SSSR count). The van der Waals surface area contributed by atoms with Crippen molar-refractivity contribution in [2.24, 2.45) is 5.92 Å². The van der Waals surface area contributed by atoms with Crippen LogP contribution in [0.4, 0.5) is 0 Å². The van der Waals surface area contributed by atoms with Gasteiger partial charge in [-0.05, 0) is 49.4 Å². The Morgan fingerprint density at radius 3 is 2.59 bits per heavy atom. The molecule has 1 saturated heterocycles. The predicted octanol–water partition coefficient (Wildman–Crippen LogP) is 2.45. The molecule has 7 heteroatoms. The van der Waals surface area contributed by atoms with Crippen molar-refractivity contribution in [1.82, 2.24) is 14.9 Å². The van der Waals surface area contributed by atoms with Crippen molar-refractivity contribution >= 4 is 11.9 Å². The van der Waals surface area contributed by atoms with Crippen molar-refractivity contribution in [2.45, 2.75) is 25.7 Å². The summed E-state index contributed by atoms with van der Waals surface area (Å²) < 4.78 is 10.3. The van der Waals surface area contributed by atoms with Crippen LogP contribution in [0.25, 0.3) is 0 Å². The van der Waals surface area contributed by atoms with Crippen LogP contribution in [0.2, 0.25) is 0 Å². The second-order valence-corrected chi connectivity index (χ2v) is 6.72. The fourth-order valence-corrected chi connectivity index (χ4v) is 3.31. The van der Waals surface area contributed by atoms with Gasteiger partial charge in [-0.2, -0.15) is 0 Å². The maximum atomic E-state index is 12.4. The molecule has 1 fully saturated rings. The first kappa shape index (κ1) is 18.9. The number of methoxy groups -OCH3 is 1. The summed E-state index contributed by atoms with van der Waals surface area (Å²) in [5, 5.41) is 0. The lowest BCUT2D eigenvalue weighted by molar-refractivity contribution is -0.133. The molecule has 0 unspecified atom stereocenters. The molecular weight excluding hydrogens is 346 g/mol. The summed E-state index contributed by atoms with van der Waals surface area (Å²) in [6.45, 7) is 1.92. The van der Waals surface area contributed by atoms with E-state index in [1.165, 1.54) is 7.11 Å². The molecule has 2 aromatic rings. The van der Waals surface area contributed by atoms with E-state index >= 15 is 0 Å². The van der Waals surface area contributed by atoms with Crippen molar-refractivity contribution in [3.05, 3.63) is 48.0 Å². The first-order valence-electron chi connectivity index (χ1n) is 9.22. The summed E-state index contributed by atoms with van der Waals surface area (Å²) in [6.07, 6.45) is 6.95. The van der Waals surface area contributed by atoms with Crippen LogP contribution >= 0.6 is 0 Å². The zero-order valence-electron chi connectivity index (χ0n) is 15.5. The number of ether oxygens (including phenoxy) is 2. The average Bonchev–Trinajstić information content (AvgIpc) is 3.21. The largest absolute Gasteiger partial charge is 0.493 e. The fraction of sp³-hybridized carbons (Fsp3) is 0.450. The lowest BCUT2D eigenvalue weighted by atomic mass is 9.92. The van der Waals surface area contributed by atoms with Gasteiger partial charge in [-0.1, -0.05) is 0 Å². The second-order valence-electron chi connectivity index (χ2n) is 6.72. The highest BCUT2D eigenvalue weighted by atomic mass is 16.5. The van der Waals surface area contributed by atoms with Crippen LogP contribution < -0.4 is 4.74 Å². The maximum absolute atomic E-state index is 12.4. The molecule has 2 heterocycles. The van der Waals surface area contributed by atoms with Crippen LogP contribution in [0.1, 0.15) is 35.3 Å². The Morgan fingerprint density at radius 2 is 1.96 bits per heavy atom. The molecule has 1 aromatic heterocycles. The van der Waals surface area contributed by atoms with Crippen LogP contribution in [0.5, 0.6) is 5.75 Å². The number of benzene rings is 1. The quantitative estimate of drug-likeness (QED) is 0.756. The van der Waals surface area contributed by atoms with Gasteiger partial charge in [0, 0.05) is 25.0 Å². The van der Waals surface area contributed by atoms with E-state index in [0.717, 1.165) is 38.0 Å². The second kappa shape index (κ2) is 9.21. The maximum Gasteiger partial charge on any atom is 0.337 e. The highest BCUT2D eigenvalue weighted by Gasteiger charge is 2.23. The van der Waals surface area contributed by atoms with Gasteiger partial charge in [0.15, 0.2) is 0 Å². The van der Waals surface area contributed by atoms with Gasteiger partial charge >= 0.3 is 5.97 Å². The van der Waals surface area contributed by atoms with Gasteiger partial charge in [0.2, 0.25) is 5.91 Å². The Kier molecular flexibility index (Phi) is 6.46. The predicted molar refractivity (Wildman–Crippen MR) is 99.5 cm³/mol. The molecule has 0 spiro atoms. The zero-order chi connectivity index (χ0) is 19.1. The van der Waals surface area contributed by atoms with Gasteiger partial charge in [-0.15, -0.1) is 0 Å². The third-order valence-electron chi connectivity index (χ3n) is 4.89. The lowest BCUT2D eigenvalue weighted by Gasteiger charge is -2.32. The molecule has 144 valence electrons. The SMILES string of the molecule is COC(=O)c1ccc(OCCC(=O)N2CCC(Cc3cnc[nH]3)CC2)cc1. The molecule has 0 saturated carbocycles. The third kappa shape index (κ3) is 5.32. The van der Waals surface area contributed by atoms with Gasteiger partial charge in [-0.3, -0.25) is 4.79 Å². The number of hydrogen-bond acceptors (Lipinski definition) is 5. The van der Waals surface area contributed by atoms with Gasteiger partial charge < -0.3 is 19.4 Å². The van der Waals surface area contributed by atoms with E-state index in [1.807, 2.05) is 11.1 Å². The van der Waals surface area contributed by atoms with Crippen LogP contribution in [0, 0.1) is 5.92 Å². The first-order chi connectivity index (χ1) is 13.2. The Hall–Kier alpha value is -2.83. The van der Waals surface area contributed by atoms with E-state index in [0.29, 0.717) is 30.3 Å². The molecule has 0 bridgehead atoms. The fourth-order valence-electron chi connectivity index (χ4n) is 3.31. The molecule has 1 aromatic carbocycles. The Balaban J connectivity index is 1.36. The molecule has 1 aliphatic rings. The van der Waals surface area contributed by atoms with Crippen LogP contribution in [0.15, 0.2) is 36.8 Å². The van der Waals surface area contributed by atoms with Gasteiger partial charge in [0.1, 0.15) is 5.75 Å². The van der Waals surface area contributed by atoms with E-state index < -0.39 is 0 Å². The lowest BCUT2D eigenvalue weighted by Crippen LogP contribution is -2.39. The minimum absolute atomic E-state index is 0.126. The van der Waals surface area contributed by atoms with Crippen molar-refractivity contribution < 1.29 is 19.1 Å². The number of carbonyl (C=O) groups excluding carboxylic acids is 2. The number of esters is 1. The van der Waals surface area contributed by atoms with Crippen molar-refractivity contribution in [2.75, 3.05) is 26.8 Å². The highest BCUT2D eigenvalue weighted by molar-refractivity contribution is 5.89. The average molecular weight is 371 g/mol. The van der Waals surface area contributed by atoms with Gasteiger partial charge in [0.25, 0.3) is 0 Å². The smallest absolute Gasteiger partial charge is 0.337 e. The van der Waals surface area contributed by atoms with Crippen molar-refractivity contribution in [3.8, 4) is 5.75 Å². The van der Waals surface area contributed by atoms with E-state index in [-0.39, 0.29) is 11.9 Å². The Bertz CT molecular complexity index is 735. The van der Waals surface area contributed by atoms with Crippen molar-refractivity contribution in [3.63, 3.8) is 0 Å². The molecule has 1 N–H and O–H groups in total. The molecular formula is C20H25N3O4. The monoisotopic (exact) mass is 371 g/mol. The molecule has 7 nitrogen and oxygen atoms in total. The summed E-state index contributed by atoms with van der Waals surface area (Å²) >= 11 is 0. The number of hydrogen-bond donors (Lipinski definition) is 1. The topological polar surface area (TPSA) is 84.5 Å². The van der Waals surface area contributed by atoms with Crippen LogP contribution in [-0.4, -0.2) is 53.6 Å². The molecule has 0 radical (unpaired) electrons. The van der Waals surface area contributed by atoms with Gasteiger partial charge in [-0.25, -0.2) is 9.78 Å². The number of aromatic nitrogens is 2. The van der Waals surface area contributed by atoms with Gasteiger partial charge in [0.05, 0.1) is 32.0 Å². The molecule has 0 atom stereocenters. The Labute approximate surface area is 158 Å². The van der Waals surface area contributed by atoms with Crippen molar-refractivity contribution in [1.29, 1.82) is 0 Å². The molecule has 0 aliphatic carbocycles. The summed E-state index contributed by atoms with van der Waals surface area (Å²) in [5.74, 6) is 0.974. The molecule has 27 heavy (non-hydrogen) atoms. The van der Waals surface area contributed by atoms with E-state index in [1.54, 1.807) is 30.6 Å². The Morgan fingerprint density at radius 1 is 1.22 bits per heavy atom. The van der Waals surface area contributed by atoms with Crippen LogP contribution in [0.3, 0.4) is 0 Å². The number of nitrogens with one attached hydrogen (secondary N) is 1. The first-order valence-corrected chi connectivity index (χ1v) is 9.22. The zero-order valence-corrected chi connectivity index (χ0v) is 15.5. The molecule has 1 amide bonds. The number of piperidine rings is 1. The summed E-state index contributed by atoms with van der Waals surface area (Å²) in [6, 6.07) is 6.70. The minimum atomic E-state index is -0.382. The normalized spacial score (nSPS) is 14.8. The third-order valence-corrected chi connectivity index (χ3v) is 4.89. The number of likely N-dealkylation sites (tertiary alicyclic amines) is 1. The number of rotatable bonds is 7. The minimum Gasteiger partial charge on any atom is -0.493 e. The summed E-state index contributed by atoms with van der Waals surface area (Å²) in [5.41, 5.74) is 1.63. The number of carbonyl (C=O) groups is 2. The van der Waals surface area contributed by atoms with E-state index in [4.69, 9.17) is 4.74 Å². The van der Waals surface area contributed by atoms with E-state index in [9.17, 15) is 9.59 Å². The number of imidazole rings is 1. The summed E-state index contributed by atoms with van der Waals surface area (Å²) in [4.78, 5) is 32.9. The van der Waals surface area contributed by atoms with Crippen LogP contribution in [-0.2, 0) is 16.0 Å². The summed E-state index contributed by atoms with van der Waals surface area (Å²) in [7, 11) is 1.35. The molecule has 1 aliphatic heterocycles.